The van der Waals surface area contributed by atoms with Gasteiger partial charge in [-0.15, -0.1) is 0 Å². The summed E-state index contributed by atoms with van der Waals surface area (Å²) >= 11 is 3.50. The van der Waals surface area contributed by atoms with Crippen LogP contribution in [0.25, 0.3) is 0 Å². The fourth-order valence-electron chi connectivity index (χ4n) is 2.79. The largest absolute Gasteiger partial charge is 0.359 e. The third-order valence-corrected chi connectivity index (χ3v) is 4.09. The van der Waals surface area contributed by atoms with Gasteiger partial charge in [0.25, 0.3) is 0 Å². The van der Waals surface area contributed by atoms with Gasteiger partial charge in [-0.25, -0.2) is 4.98 Å². The van der Waals surface area contributed by atoms with E-state index in [1.165, 1.54) is 25.1 Å². The lowest BCUT2D eigenvalue weighted by Gasteiger charge is -2.24. The summed E-state index contributed by atoms with van der Waals surface area (Å²) in [5.41, 5.74) is 1.24. The zero-order chi connectivity index (χ0) is 13.8. The molecule has 1 unspecified atom stereocenters. The molecule has 1 aliphatic rings. The molecule has 19 heavy (non-hydrogen) atoms. The molecule has 2 rings (SSSR count). The Kier molecular flexibility index (Phi) is 5.19. The second kappa shape index (κ2) is 6.68. The van der Waals surface area contributed by atoms with E-state index >= 15 is 0 Å². The molecule has 1 fully saturated rings. The fourth-order valence-corrected chi connectivity index (χ4v) is 3.17. The molecular weight excluding hydrogens is 304 g/mol. The molecule has 0 saturated carbocycles. The number of rotatable bonds is 5. The average molecular weight is 327 g/mol. The van der Waals surface area contributed by atoms with Crippen molar-refractivity contribution < 1.29 is 0 Å². The van der Waals surface area contributed by atoms with Gasteiger partial charge in [0, 0.05) is 42.9 Å². The number of pyridine rings is 1. The summed E-state index contributed by atoms with van der Waals surface area (Å²) in [4.78, 5) is 9.28. The van der Waals surface area contributed by atoms with E-state index in [0.717, 1.165) is 29.3 Å². The second-order valence-electron chi connectivity index (χ2n) is 5.46. The predicted molar refractivity (Wildman–Crippen MR) is 83.6 cm³/mol. The van der Waals surface area contributed by atoms with E-state index in [9.17, 15) is 0 Å². The van der Waals surface area contributed by atoms with Gasteiger partial charge in [-0.05, 0) is 55.0 Å². The van der Waals surface area contributed by atoms with E-state index in [1.54, 1.807) is 0 Å². The normalized spacial score (nSPS) is 19.9. The summed E-state index contributed by atoms with van der Waals surface area (Å²) < 4.78 is 1.04. The zero-order valence-corrected chi connectivity index (χ0v) is 13.6. The van der Waals surface area contributed by atoms with Crippen LogP contribution in [-0.2, 0) is 6.54 Å². The first kappa shape index (κ1) is 14.8. The Morgan fingerprint density at radius 1 is 1.58 bits per heavy atom. The van der Waals surface area contributed by atoms with Crippen LogP contribution in [0, 0.1) is 5.92 Å². The SMILES string of the molecule is CNCc1cc(Br)cnc1N(C)CC1CCN(C)C1. The van der Waals surface area contributed by atoms with Gasteiger partial charge < -0.3 is 15.1 Å². The standard InChI is InChI=1S/C14H23BrN4/c1-16-7-12-6-13(15)8-17-14(12)19(3)10-11-4-5-18(2)9-11/h6,8,11,16H,4-5,7,9-10H2,1-3H3. The minimum Gasteiger partial charge on any atom is -0.359 e. The Morgan fingerprint density at radius 2 is 2.37 bits per heavy atom. The van der Waals surface area contributed by atoms with Gasteiger partial charge in [-0.2, -0.15) is 0 Å². The molecule has 0 spiro atoms. The second-order valence-corrected chi connectivity index (χ2v) is 6.38. The van der Waals surface area contributed by atoms with Gasteiger partial charge in [-0.3, -0.25) is 0 Å². The van der Waals surface area contributed by atoms with Crippen LogP contribution in [0.2, 0.25) is 0 Å². The Hall–Kier alpha value is -0.650. The summed E-state index contributed by atoms with van der Waals surface area (Å²) in [6, 6.07) is 2.15. The predicted octanol–water partition coefficient (Wildman–Crippen LogP) is 1.95. The topological polar surface area (TPSA) is 31.4 Å². The van der Waals surface area contributed by atoms with Crippen LogP contribution in [0.4, 0.5) is 5.82 Å². The van der Waals surface area contributed by atoms with Gasteiger partial charge in [0.1, 0.15) is 5.82 Å². The summed E-state index contributed by atoms with van der Waals surface area (Å²) in [5, 5.41) is 3.21. The van der Waals surface area contributed by atoms with Crippen LogP contribution < -0.4 is 10.2 Å². The number of hydrogen-bond acceptors (Lipinski definition) is 4. The maximum Gasteiger partial charge on any atom is 0.132 e. The van der Waals surface area contributed by atoms with E-state index < -0.39 is 0 Å². The summed E-state index contributed by atoms with van der Waals surface area (Å²) in [7, 11) is 6.31. The Bertz CT molecular complexity index is 424. The van der Waals surface area contributed by atoms with Crippen LogP contribution in [0.1, 0.15) is 12.0 Å². The van der Waals surface area contributed by atoms with Crippen molar-refractivity contribution in [1.82, 2.24) is 15.2 Å². The summed E-state index contributed by atoms with van der Waals surface area (Å²) in [5.74, 6) is 1.84. The zero-order valence-electron chi connectivity index (χ0n) is 12.0. The number of likely N-dealkylation sites (tertiary alicyclic amines) is 1. The lowest BCUT2D eigenvalue weighted by molar-refractivity contribution is 0.395. The van der Waals surface area contributed by atoms with Gasteiger partial charge in [0.05, 0.1) is 0 Å². The molecule has 1 aromatic rings. The molecule has 0 aromatic carbocycles. The van der Waals surface area contributed by atoms with Crippen molar-refractivity contribution in [2.45, 2.75) is 13.0 Å². The maximum absolute atomic E-state index is 4.58. The molecule has 5 heteroatoms. The van der Waals surface area contributed by atoms with Gasteiger partial charge in [-0.1, -0.05) is 0 Å². The number of hydrogen-bond donors (Lipinski definition) is 1. The molecule has 106 valence electrons. The van der Waals surface area contributed by atoms with Crippen molar-refractivity contribution in [3.63, 3.8) is 0 Å². The van der Waals surface area contributed by atoms with Gasteiger partial charge in [0.2, 0.25) is 0 Å². The van der Waals surface area contributed by atoms with Gasteiger partial charge >= 0.3 is 0 Å². The molecule has 0 aliphatic carbocycles. The Morgan fingerprint density at radius 3 is 3.00 bits per heavy atom. The number of halogens is 1. The van der Waals surface area contributed by atoms with E-state index in [-0.39, 0.29) is 0 Å². The first-order valence-electron chi connectivity index (χ1n) is 6.79. The lowest BCUT2D eigenvalue weighted by Crippen LogP contribution is -2.29. The van der Waals surface area contributed by atoms with Crippen molar-refractivity contribution >= 4 is 21.7 Å². The van der Waals surface area contributed by atoms with Crippen molar-refractivity contribution in [3.8, 4) is 0 Å². The van der Waals surface area contributed by atoms with Gasteiger partial charge in [0.15, 0.2) is 0 Å². The number of nitrogens with zero attached hydrogens (tertiary/aromatic N) is 3. The number of anilines is 1. The van der Waals surface area contributed by atoms with Crippen LogP contribution in [0.3, 0.4) is 0 Å². The molecule has 0 amide bonds. The number of aromatic nitrogens is 1. The smallest absolute Gasteiger partial charge is 0.132 e. The van der Waals surface area contributed by atoms with Crippen LogP contribution in [0.5, 0.6) is 0 Å². The fraction of sp³-hybridized carbons (Fsp3) is 0.643. The molecule has 1 atom stereocenters. The summed E-state index contributed by atoms with van der Waals surface area (Å²) in [6.07, 6.45) is 3.17. The third-order valence-electron chi connectivity index (χ3n) is 3.66. The lowest BCUT2D eigenvalue weighted by atomic mass is 10.1. The van der Waals surface area contributed by atoms with Crippen molar-refractivity contribution in [2.75, 3.05) is 45.7 Å². The molecule has 1 N–H and O–H groups in total. The van der Waals surface area contributed by atoms with E-state index in [0.29, 0.717) is 0 Å². The van der Waals surface area contributed by atoms with Crippen LogP contribution in [0.15, 0.2) is 16.7 Å². The molecule has 0 radical (unpaired) electrons. The highest BCUT2D eigenvalue weighted by Gasteiger charge is 2.22. The van der Waals surface area contributed by atoms with Crippen LogP contribution >= 0.6 is 15.9 Å². The minimum atomic E-state index is 0.753. The highest BCUT2D eigenvalue weighted by Crippen LogP contribution is 2.23. The monoisotopic (exact) mass is 326 g/mol. The average Bonchev–Trinajstić information content (AvgIpc) is 2.75. The molecular formula is C14H23BrN4. The van der Waals surface area contributed by atoms with Crippen molar-refractivity contribution in [1.29, 1.82) is 0 Å². The molecule has 1 aromatic heterocycles. The molecule has 1 saturated heterocycles. The molecule has 1 aliphatic heterocycles. The minimum absolute atomic E-state index is 0.753. The van der Waals surface area contributed by atoms with E-state index in [2.05, 4.69) is 56.2 Å². The van der Waals surface area contributed by atoms with Crippen LogP contribution in [-0.4, -0.2) is 50.7 Å². The molecule has 2 heterocycles. The highest BCUT2D eigenvalue weighted by atomic mass is 79.9. The maximum atomic E-state index is 4.58. The van der Waals surface area contributed by atoms with Crippen molar-refractivity contribution in [3.05, 3.63) is 22.3 Å². The highest BCUT2D eigenvalue weighted by molar-refractivity contribution is 9.10. The Balaban J connectivity index is 2.07. The number of nitrogens with one attached hydrogen (secondary N) is 1. The first-order chi connectivity index (χ1) is 9.10. The van der Waals surface area contributed by atoms with Crippen molar-refractivity contribution in [2.24, 2.45) is 5.92 Å². The summed E-state index contributed by atoms with van der Waals surface area (Å²) in [6.45, 7) is 4.34. The Labute approximate surface area is 124 Å². The molecule has 4 nitrogen and oxygen atoms in total. The van der Waals surface area contributed by atoms with E-state index in [4.69, 9.17) is 0 Å². The third kappa shape index (κ3) is 3.91. The quantitative estimate of drug-likeness (QED) is 0.896. The van der Waals surface area contributed by atoms with E-state index in [1.807, 2.05) is 13.2 Å². The first-order valence-corrected chi connectivity index (χ1v) is 7.58. The molecule has 0 bridgehead atoms.